The number of amides is 1. The van der Waals surface area contributed by atoms with E-state index in [1.807, 2.05) is 0 Å². The zero-order chi connectivity index (χ0) is 23.9. The first-order valence-corrected chi connectivity index (χ1v) is 11.4. The fraction of sp³-hybridized carbons (Fsp3) is 0.316. The number of carbonyl (C=O) groups is 1. The van der Waals surface area contributed by atoms with Gasteiger partial charge in [0.2, 0.25) is 5.91 Å². The van der Waals surface area contributed by atoms with Gasteiger partial charge in [-0.2, -0.15) is 22.7 Å². The maximum atomic E-state index is 13.8. The van der Waals surface area contributed by atoms with Gasteiger partial charge in [-0.3, -0.25) is 9.48 Å². The van der Waals surface area contributed by atoms with Crippen molar-refractivity contribution in [1.29, 1.82) is 0 Å². The summed E-state index contributed by atoms with van der Waals surface area (Å²) in [5, 5.41) is 17.1. The maximum absolute atomic E-state index is 13.8. The molecule has 1 amide bonds. The van der Waals surface area contributed by atoms with Crippen molar-refractivity contribution in [3.63, 3.8) is 0 Å². The summed E-state index contributed by atoms with van der Waals surface area (Å²) in [6.07, 6.45) is 0.474. The third-order valence-corrected chi connectivity index (χ3v) is 7.07. The Balaban J connectivity index is 1.52. The SMILES string of the molecule is O=C([C@@H](CO)c1cccc(F)c1Cl)N1Cc2cn(S(=O)(=O)c3cnn(CC(F)F)c3)nc2C1. The normalized spacial score (nSPS) is 14.7. The number of aliphatic hydroxyl groups is 1. The smallest absolute Gasteiger partial charge is 0.286 e. The predicted octanol–water partition coefficient (Wildman–Crippen LogP) is 1.99. The zero-order valence-corrected chi connectivity index (χ0v) is 18.3. The number of carbonyl (C=O) groups excluding carboxylic acids is 1. The van der Waals surface area contributed by atoms with Crippen LogP contribution in [0.1, 0.15) is 22.7 Å². The van der Waals surface area contributed by atoms with Crippen LogP contribution in [-0.4, -0.2) is 56.3 Å². The first-order valence-electron chi connectivity index (χ1n) is 9.59. The van der Waals surface area contributed by atoms with Crippen LogP contribution >= 0.6 is 11.6 Å². The van der Waals surface area contributed by atoms with Crippen LogP contribution in [-0.2, 0) is 34.5 Å². The van der Waals surface area contributed by atoms with Gasteiger partial charge in [0.15, 0.2) is 0 Å². The summed E-state index contributed by atoms with van der Waals surface area (Å²) in [5.41, 5.74) is 0.907. The van der Waals surface area contributed by atoms with E-state index in [-0.39, 0.29) is 28.6 Å². The average molecular weight is 504 g/mol. The molecule has 0 radical (unpaired) electrons. The summed E-state index contributed by atoms with van der Waals surface area (Å²) >= 11 is 5.96. The maximum Gasteiger partial charge on any atom is 0.286 e. The van der Waals surface area contributed by atoms with E-state index in [9.17, 15) is 31.5 Å². The van der Waals surface area contributed by atoms with Crippen LogP contribution in [0.15, 0.2) is 41.7 Å². The van der Waals surface area contributed by atoms with Gasteiger partial charge in [0.25, 0.3) is 16.4 Å². The molecule has 0 fully saturated rings. The highest BCUT2D eigenvalue weighted by molar-refractivity contribution is 7.89. The number of benzene rings is 1. The molecule has 0 saturated heterocycles. The Hall–Kier alpha value is -2.90. The number of fused-ring (bicyclic) bond motifs is 1. The van der Waals surface area contributed by atoms with Gasteiger partial charge in [0.05, 0.1) is 36.0 Å². The van der Waals surface area contributed by atoms with Crippen molar-refractivity contribution in [1.82, 2.24) is 23.9 Å². The lowest BCUT2D eigenvalue weighted by Crippen LogP contribution is -2.33. The summed E-state index contributed by atoms with van der Waals surface area (Å²) in [5.74, 6) is -2.34. The van der Waals surface area contributed by atoms with Gasteiger partial charge in [0.1, 0.15) is 17.3 Å². The molecule has 0 aliphatic carbocycles. The monoisotopic (exact) mass is 503 g/mol. The first-order chi connectivity index (χ1) is 15.6. The molecule has 2 aromatic heterocycles. The Morgan fingerprint density at radius 1 is 1.24 bits per heavy atom. The molecule has 0 unspecified atom stereocenters. The molecule has 1 atom stereocenters. The Morgan fingerprint density at radius 3 is 2.67 bits per heavy atom. The summed E-state index contributed by atoms with van der Waals surface area (Å²) in [7, 11) is -4.17. The summed E-state index contributed by atoms with van der Waals surface area (Å²) in [4.78, 5) is 14.0. The van der Waals surface area contributed by atoms with Gasteiger partial charge in [0, 0.05) is 24.5 Å². The van der Waals surface area contributed by atoms with E-state index < -0.39 is 47.2 Å². The van der Waals surface area contributed by atoms with Crippen LogP contribution in [0.3, 0.4) is 0 Å². The molecule has 1 aliphatic heterocycles. The van der Waals surface area contributed by atoms with Gasteiger partial charge < -0.3 is 10.0 Å². The molecule has 0 saturated carbocycles. The number of hydrogen-bond acceptors (Lipinski definition) is 6. The van der Waals surface area contributed by atoms with Crippen molar-refractivity contribution in [2.24, 2.45) is 0 Å². The molecule has 33 heavy (non-hydrogen) atoms. The predicted molar refractivity (Wildman–Crippen MR) is 109 cm³/mol. The second-order valence-corrected chi connectivity index (χ2v) is 9.51. The van der Waals surface area contributed by atoms with Gasteiger partial charge >= 0.3 is 0 Å². The minimum absolute atomic E-state index is 0.0117. The van der Waals surface area contributed by atoms with Crippen LogP contribution < -0.4 is 0 Å². The van der Waals surface area contributed by atoms with E-state index in [0.29, 0.717) is 15.3 Å². The quantitative estimate of drug-likeness (QED) is 0.528. The van der Waals surface area contributed by atoms with E-state index in [0.717, 1.165) is 23.1 Å². The Labute approximate surface area is 191 Å². The van der Waals surface area contributed by atoms with Crippen molar-refractivity contribution in [3.05, 3.63) is 64.5 Å². The van der Waals surface area contributed by atoms with Crippen molar-refractivity contribution in [3.8, 4) is 0 Å². The van der Waals surface area contributed by atoms with Crippen molar-refractivity contribution >= 4 is 27.5 Å². The highest BCUT2D eigenvalue weighted by Crippen LogP contribution is 2.31. The summed E-state index contributed by atoms with van der Waals surface area (Å²) < 4.78 is 65.8. The molecule has 1 N–H and O–H groups in total. The van der Waals surface area contributed by atoms with Gasteiger partial charge in [-0.25, -0.2) is 13.2 Å². The van der Waals surface area contributed by atoms with Crippen molar-refractivity contribution < 1.29 is 31.5 Å². The van der Waals surface area contributed by atoms with E-state index in [4.69, 9.17) is 11.6 Å². The first kappa shape index (κ1) is 23.3. The lowest BCUT2D eigenvalue weighted by Gasteiger charge is -2.23. The number of nitrogens with zero attached hydrogens (tertiary/aromatic N) is 5. The highest BCUT2D eigenvalue weighted by Gasteiger charge is 2.34. The summed E-state index contributed by atoms with van der Waals surface area (Å²) in [6.45, 7) is -1.38. The standard InChI is InChI=1S/C19H17ClF3N5O4S/c20-18-13(2-1-3-15(18)21)14(10-29)19(30)26-5-11-6-28(25-16(11)8-26)33(31,32)12-4-24-27(7-12)9-17(22)23/h1-4,6-7,14,17,29H,5,8-10H2/t14-/m0/s1. The van der Waals surface area contributed by atoms with E-state index in [1.165, 1.54) is 23.2 Å². The fourth-order valence-electron chi connectivity index (χ4n) is 3.55. The average Bonchev–Trinajstić information content (AvgIpc) is 3.46. The third kappa shape index (κ3) is 4.35. The summed E-state index contributed by atoms with van der Waals surface area (Å²) in [6, 6.07) is 3.96. The number of aromatic nitrogens is 4. The van der Waals surface area contributed by atoms with E-state index in [1.54, 1.807) is 0 Å². The van der Waals surface area contributed by atoms with Crippen molar-refractivity contribution in [2.45, 2.75) is 36.9 Å². The Morgan fingerprint density at radius 2 is 2.00 bits per heavy atom. The van der Waals surface area contributed by atoms with Crippen LogP contribution in [0.25, 0.3) is 0 Å². The third-order valence-electron chi connectivity index (χ3n) is 5.19. The fourth-order valence-corrected chi connectivity index (χ4v) is 4.93. The molecule has 4 rings (SSSR count). The second kappa shape index (κ2) is 8.80. The molecule has 3 heterocycles. The van der Waals surface area contributed by atoms with E-state index in [2.05, 4.69) is 10.2 Å². The van der Waals surface area contributed by atoms with Gasteiger partial charge in [-0.1, -0.05) is 23.7 Å². The van der Waals surface area contributed by atoms with Crippen LogP contribution in [0.2, 0.25) is 5.02 Å². The molecule has 9 nitrogen and oxygen atoms in total. The molecular formula is C19H17ClF3N5O4S. The number of alkyl halides is 2. The minimum atomic E-state index is -4.17. The number of rotatable bonds is 7. The molecule has 0 spiro atoms. The molecule has 3 aromatic rings. The number of halogens is 4. The van der Waals surface area contributed by atoms with Crippen LogP contribution in [0.5, 0.6) is 0 Å². The second-order valence-electron chi connectivity index (χ2n) is 7.34. The molecule has 1 aromatic carbocycles. The molecule has 1 aliphatic rings. The molecule has 14 heteroatoms. The Bertz CT molecular complexity index is 1290. The van der Waals surface area contributed by atoms with Gasteiger partial charge in [-0.05, 0) is 11.6 Å². The largest absolute Gasteiger partial charge is 0.395 e. The molecule has 176 valence electrons. The number of hydrogen-bond donors (Lipinski definition) is 1. The lowest BCUT2D eigenvalue weighted by atomic mass is 9.98. The zero-order valence-electron chi connectivity index (χ0n) is 16.8. The number of aliphatic hydroxyl groups excluding tert-OH is 1. The van der Waals surface area contributed by atoms with Gasteiger partial charge in [-0.15, -0.1) is 0 Å². The molecular weight excluding hydrogens is 487 g/mol. The molecule has 0 bridgehead atoms. The minimum Gasteiger partial charge on any atom is -0.395 e. The van der Waals surface area contributed by atoms with Crippen LogP contribution in [0.4, 0.5) is 13.2 Å². The van der Waals surface area contributed by atoms with Crippen LogP contribution in [0, 0.1) is 5.82 Å². The Kier molecular flexibility index (Phi) is 6.20. The van der Waals surface area contributed by atoms with Crippen molar-refractivity contribution in [2.75, 3.05) is 6.61 Å². The van der Waals surface area contributed by atoms with E-state index >= 15 is 0 Å². The highest BCUT2D eigenvalue weighted by atomic mass is 35.5. The lowest BCUT2D eigenvalue weighted by molar-refractivity contribution is -0.134. The topological polar surface area (TPSA) is 110 Å².